The van der Waals surface area contributed by atoms with Crippen LogP contribution in [0.1, 0.15) is 30.7 Å². The van der Waals surface area contributed by atoms with Crippen molar-refractivity contribution in [1.82, 2.24) is 14.9 Å². The molecule has 0 spiro atoms. The molecule has 1 aliphatic carbocycles. The molecule has 0 bridgehead atoms. The molecule has 2 rings (SSSR count). The van der Waals surface area contributed by atoms with Crippen LogP contribution in [0.25, 0.3) is 0 Å². The molecular weight excluding hydrogens is 230 g/mol. The molecule has 0 amide bonds. The highest BCUT2D eigenvalue weighted by Crippen LogP contribution is 2.31. The van der Waals surface area contributed by atoms with E-state index in [9.17, 15) is 0 Å². The largest absolute Gasteiger partial charge is 0.296 e. The summed E-state index contributed by atoms with van der Waals surface area (Å²) in [6.07, 6.45) is 10.0. The zero-order valence-electron chi connectivity index (χ0n) is 10.9. The van der Waals surface area contributed by atoms with Gasteiger partial charge in [-0.05, 0) is 33.1 Å². The molecule has 1 saturated carbocycles. The average Bonchev–Trinajstić information content (AvgIpc) is 2.80. The Labute approximate surface area is 108 Å². The van der Waals surface area contributed by atoms with E-state index in [-0.39, 0.29) is 0 Å². The standard InChI is InChI=1S/C13H21N3S/c1-10-7-15-11(8-14-10)9-16(2)12-5-4-6-13(12)17-3/h7-8,12-13H,4-6,9H2,1-3H3/t12-,13-/m0/s1. The van der Waals surface area contributed by atoms with Crippen molar-refractivity contribution in [3.05, 3.63) is 23.8 Å². The third-order valence-corrected chi connectivity index (χ3v) is 4.69. The molecule has 0 saturated heterocycles. The minimum Gasteiger partial charge on any atom is -0.296 e. The van der Waals surface area contributed by atoms with Crippen LogP contribution in [-0.4, -0.2) is 39.5 Å². The Kier molecular flexibility index (Phi) is 4.40. The van der Waals surface area contributed by atoms with Gasteiger partial charge in [-0.2, -0.15) is 11.8 Å². The molecule has 0 radical (unpaired) electrons. The monoisotopic (exact) mass is 251 g/mol. The van der Waals surface area contributed by atoms with E-state index >= 15 is 0 Å². The first-order valence-electron chi connectivity index (χ1n) is 6.21. The van der Waals surface area contributed by atoms with Crippen molar-refractivity contribution in [2.24, 2.45) is 0 Å². The molecule has 1 aromatic heterocycles. The van der Waals surface area contributed by atoms with Crippen LogP contribution in [-0.2, 0) is 6.54 Å². The lowest BCUT2D eigenvalue weighted by Crippen LogP contribution is -2.35. The molecule has 0 aromatic carbocycles. The van der Waals surface area contributed by atoms with Crippen molar-refractivity contribution in [3.8, 4) is 0 Å². The summed E-state index contributed by atoms with van der Waals surface area (Å²) < 4.78 is 0. The van der Waals surface area contributed by atoms with E-state index in [1.165, 1.54) is 19.3 Å². The van der Waals surface area contributed by atoms with E-state index in [2.05, 4.69) is 28.2 Å². The number of thioether (sulfide) groups is 1. The average molecular weight is 251 g/mol. The number of hydrogen-bond acceptors (Lipinski definition) is 4. The minimum atomic E-state index is 0.702. The predicted octanol–water partition coefficient (Wildman–Crippen LogP) is 2.50. The first-order chi connectivity index (χ1) is 8.20. The van der Waals surface area contributed by atoms with E-state index in [0.29, 0.717) is 6.04 Å². The number of aromatic nitrogens is 2. The summed E-state index contributed by atoms with van der Waals surface area (Å²) in [6, 6.07) is 0.702. The fourth-order valence-corrected chi connectivity index (χ4v) is 3.62. The molecule has 1 aliphatic rings. The topological polar surface area (TPSA) is 29.0 Å². The highest BCUT2D eigenvalue weighted by atomic mass is 32.2. The summed E-state index contributed by atoms with van der Waals surface area (Å²) >= 11 is 2.00. The normalized spacial score (nSPS) is 24.5. The quantitative estimate of drug-likeness (QED) is 0.822. The van der Waals surface area contributed by atoms with Gasteiger partial charge in [-0.25, -0.2) is 0 Å². The van der Waals surface area contributed by atoms with Crippen molar-refractivity contribution in [3.63, 3.8) is 0 Å². The Morgan fingerprint density at radius 2 is 2.18 bits per heavy atom. The lowest BCUT2D eigenvalue weighted by molar-refractivity contribution is 0.239. The summed E-state index contributed by atoms with van der Waals surface area (Å²) in [5.74, 6) is 0. The van der Waals surface area contributed by atoms with Crippen LogP contribution in [0.3, 0.4) is 0 Å². The zero-order chi connectivity index (χ0) is 12.3. The van der Waals surface area contributed by atoms with Gasteiger partial charge in [0.25, 0.3) is 0 Å². The third-order valence-electron chi connectivity index (χ3n) is 3.53. The van der Waals surface area contributed by atoms with Gasteiger partial charge >= 0.3 is 0 Å². The Bertz CT molecular complexity index is 352. The molecule has 2 atom stereocenters. The molecule has 1 heterocycles. The van der Waals surface area contributed by atoms with Crippen LogP contribution in [0.2, 0.25) is 0 Å². The van der Waals surface area contributed by atoms with Gasteiger partial charge in [0, 0.05) is 30.2 Å². The number of rotatable bonds is 4. The Morgan fingerprint density at radius 3 is 2.82 bits per heavy atom. The molecular formula is C13H21N3S. The van der Waals surface area contributed by atoms with E-state index in [0.717, 1.165) is 23.2 Å². The number of hydrogen-bond donors (Lipinski definition) is 0. The van der Waals surface area contributed by atoms with Crippen LogP contribution >= 0.6 is 11.8 Å². The lowest BCUT2D eigenvalue weighted by Gasteiger charge is -2.28. The van der Waals surface area contributed by atoms with E-state index in [4.69, 9.17) is 0 Å². The highest BCUT2D eigenvalue weighted by molar-refractivity contribution is 7.99. The first-order valence-corrected chi connectivity index (χ1v) is 7.50. The molecule has 3 nitrogen and oxygen atoms in total. The van der Waals surface area contributed by atoms with Crippen LogP contribution in [0.15, 0.2) is 12.4 Å². The van der Waals surface area contributed by atoms with Crippen LogP contribution in [0, 0.1) is 6.92 Å². The molecule has 0 N–H and O–H groups in total. The number of nitrogens with zero attached hydrogens (tertiary/aromatic N) is 3. The molecule has 4 heteroatoms. The SMILES string of the molecule is CS[C@H]1CCC[C@@H]1N(C)Cc1cnc(C)cn1. The minimum absolute atomic E-state index is 0.702. The number of aryl methyl sites for hydroxylation is 1. The fourth-order valence-electron chi connectivity index (χ4n) is 2.56. The fraction of sp³-hybridized carbons (Fsp3) is 0.692. The van der Waals surface area contributed by atoms with Crippen molar-refractivity contribution in [1.29, 1.82) is 0 Å². The molecule has 94 valence electrons. The maximum Gasteiger partial charge on any atom is 0.0727 e. The predicted molar refractivity (Wildman–Crippen MR) is 73.2 cm³/mol. The summed E-state index contributed by atoms with van der Waals surface area (Å²) in [4.78, 5) is 11.2. The van der Waals surface area contributed by atoms with E-state index < -0.39 is 0 Å². The zero-order valence-corrected chi connectivity index (χ0v) is 11.7. The first kappa shape index (κ1) is 12.8. The maximum atomic E-state index is 4.43. The Balaban J connectivity index is 1.96. The van der Waals surface area contributed by atoms with E-state index in [1.807, 2.05) is 31.1 Å². The highest BCUT2D eigenvalue weighted by Gasteiger charge is 2.29. The molecule has 0 aliphatic heterocycles. The Morgan fingerprint density at radius 1 is 1.35 bits per heavy atom. The lowest BCUT2D eigenvalue weighted by atomic mass is 10.2. The maximum absolute atomic E-state index is 4.43. The second-order valence-electron chi connectivity index (χ2n) is 4.84. The molecule has 1 fully saturated rings. The van der Waals surface area contributed by atoms with Crippen molar-refractivity contribution >= 4 is 11.8 Å². The summed E-state index contributed by atoms with van der Waals surface area (Å²) in [7, 11) is 2.21. The second kappa shape index (κ2) is 5.83. The summed E-state index contributed by atoms with van der Waals surface area (Å²) in [6.45, 7) is 2.89. The van der Waals surface area contributed by atoms with Crippen molar-refractivity contribution < 1.29 is 0 Å². The molecule has 1 aromatic rings. The van der Waals surface area contributed by atoms with E-state index in [1.54, 1.807) is 0 Å². The summed E-state index contributed by atoms with van der Waals surface area (Å²) in [5.41, 5.74) is 2.06. The van der Waals surface area contributed by atoms with Gasteiger partial charge in [0.05, 0.1) is 11.4 Å². The van der Waals surface area contributed by atoms with Gasteiger partial charge in [0.15, 0.2) is 0 Å². The van der Waals surface area contributed by atoms with Gasteiger partial charge in [0.2, 0.25) is 0 Å². The Hall–Kier alpha value is -0.610. The summed E-state index contributed by atoms with van der Waals surface area (Å²) in [5, 5.41) is 0.790. The van der Waals surface area contributed by atoms with Gasteiger partial charge in [-0.15, -0.1) is 0 Å². The van der Waals surface area contributed by atoms with Crippen molar-refractivity contribution in [2.75, 3.05) is 13.3 Å². The van der Waals surface area contributed by atoms with Crippen LogP contribution < -0.4 is 0 Å². The van der Waals surface area contributed by atoms with Crippen molar-refractivity contribution in [2.45, 2.75) is 44.0 Å². The molecule has 0 unspecified atom stereocenters. The smallest absolute Gasteiger partial charge is 0.0727 e. The van der Waals surface area contributed by atoms with Crippen LogP contribution in [0.4, 0.5) is 0 Å². The second-order valence-corrected chi connectivity index (χ2v) is 5.91. The van der Waals surface area contributed by atoms with Gasteiger partial charge in [0.1, 0.15) is 0 Å². The van der Waals surface area contributed by atoms with Crippen LogP contribution in [0.5, 0.6) is 0 Å². The third kappa shape index (κ3) is 3.19. The molecule has 17 heavy (non-hydrogen) atoms. The van der Waals surface area contributed by atoms with Gasteiger partial charge in [-0.3, -0.25) is 14.9 Å². The van der Waals surface area contributed by atoms with Gasteiger partial charge < -0.3 is 0 Å². The van der Waals surface area contributed by atoms with Gasteiger partial charge in [-0.1, -0.05) is 6.42 Å².